The van der Waals surface area contributed by atoms with Gasteiger partial charge >= 0.3 is 0 Å². The van der Waals surface area contributed by atoms with Crippen molar-refractivity contribution in [2.45, 2.75) is 19.4 Å². The molecule has 1 aliphatic rings. The minimum Gasteiger partial charge on any atom is -0.494 e. The predicted octanol–water partition coefficient (Wildman–Crippen LogP) is 3.88. The monoisotopic (exact) mass is 359 g/mol. The second kappa shape index (κ2) is 8.37. The Hall–Kier alpha value is -2.04. The van der Waals surface area contributed by atoms with E-state index in [4.69, 9.17) is 21.1 Å². The third-order valence-corrected chi connectivity index (χ3v) is 4.61. The van der Waals surface area contributed by atoms with Crippen LogP contribution in [0, 0.1) is 0 Å². The highest BCUT2D eigenvalue weighted by Crippen LogP contribution is 2.28. The number of halogens is 1. The lowest BCUT2D eigenvalue weighted by molar-refractivity contribution is -0.138. The van der Waals surface area contributed by atoms with Crippen LogP contribution in [-0.2, 0) is 16.0 Å². The minimum atomic E-state index is -0.174. The molecule has 0 bridgehead atoms. The summed E-state index contributed by atoms with van der Waals surface area (Å²) in [5.41, 5.74) is 1.91. The summed E-state index contributed by atoms with van der Waals surface area (Å²) in [4.78, 5) is 14.5. The van der Waals surface area contributed by atoms with Crippen molar-refractivity contribution in [2.24, 2.45) is 0 Å². The van der Waals surface area contributed by atoms with Crippen LogP contribution in [0.5, 0.6) is 5.75 Å². The Morgan fingerprint density at radius 1 is 1.24 bits per heavy atom. The summed E-state index contributed by atoms with van der Waals surface area (Å²) in [5, 5.41) is 0.674. The Bertz CT molecular complexity index is 717. The third kappa shape index (κ3) is 4.53. The van der Waals surface area contributed by atoms with E-state index in [2.05, 4.69) is 0 Å². The standard InChI is InChI=1S/C20H22ClNO3/c1-2-24-16-9-7-15(8-10-16)13-20(23)22-11-12-25-19(14-22)17-5-3-4-6-18(17)21/h3-10,19H,2,11-14H2,1H3. The SMILES string of the molecule is CCOc1ccc(CC(=O)N2CCOC(c3ccccc3Cl)C2)cc1. The van der Waals surface area contributed by atoms with Crippen molar-refractivity contribution in [1.29, 1.82) is 0 Å². The number of benzene rings is 2. The fourth-order valence-electron chi connectivity index (χ4n) is 2.96. The molecule has 1 unspecified atom stereocenters. The van der Waals surface area contributed by atoms with Crippen molar-refractivity contribution in [3.63, 3.8) is 0 Å². The first kappa shape index (κ1) is 17.8. The van der Waals surface area contributed by atoms with E-state index >= 15 is 0 Å². The first-order valence-corrected chi connectivity index (χ1v) is 8.90. The fraction of sp³-hybridized carbons (Fsp3) is 0.350. The number of hydrogen-bond donors (Lipinski definition) is 0. The van der Waals surface area contributed by atoms with Crippen LogP contribution in [0.4, 0.5) is 0 Å². The lowest BCUT2D eigenvalue weighted by Crippen LogP contribution is -2.43. The van der Waals surface area contributed by atoms with Gasteiger partial charge in [-0.25, -0.2) is 0 Å². The van der Waals surface area contributed by atoms with Crippen LogP contribution in [0.3, 0.4) is 0 Å². The molecule has 0 aliphatic carbocycles. The number of nitrogens with zero attached hydrogens (tertiary/aromatic N) is 1. The van der Waals surface area contributed by atoms with E-state index in [9.17, 15) is 4.79 Å². The quantitative estimate of drug-likeness (QED) is 0.813. The molecule has 1 heterocycles. The Morgan fingerprint density at radius 2 is 2.00 bits per heavy atom. The van der Waals surface area contributed by atoms with Gasteiger partial charge < -0.3 is 14.4 Å². The summed E-state index contributed by atoms with van der Waals surface area (Å²) >= 11 is 6.26. The van der Waals surface area contributed by atoms with Gasteiger partial charge in [-0.3, -0.25) is 4.79 Å². The molecule has 0 aromatic heterocycles. The number of amides is 1. The molecule has 1 aliphatic heterocycles. The molecule has 132 valence electrons. The van der Waals surface area contributed by atoms with Crippen LogP contribution in [0.25, 0.3) is 0 Å². The molecule has 5 heteroatoms. The average Bonchev–Trinajstić information content (AvgIpc) is 2.64. The first-order valence-electron chi connectivity index (χ1n) is 8.53. The topological polar surface area (TPSA) is 38.8 Å². The number of rotatable bonds is 5. The van der Waals surface area contributed by atoms with Crippen LogP contribution < -0.4 is 4.74 Å². The van der Waals surface area contributed by atoms with Crippen molar-refractivity contribution < 1.29 is 14.3 Å². The number of ether oxygens (including phenoxy) is 2. The summed E-state index contributed by atoms with van der Waals surface area (Å²) in [7, 11) is 0. The minimum absolute atomic E-state index is 0.101. The van der Waals surface area contributed by atoms with Crippen molar-refractivity contribution in [2.75, 3.05) is 26.3 Å². The van der Waals surface area contributed by atoms with Gasteiger partial charge in [-0.2, -0.15) is 0 Å². The van der Waals surface area contributed by atoms with E-state index in [0.717, 1.165) is 16.9 Å². The van der Waals surface area contributed by atoms with Crippen LogP contribution in [-0.4, -0.2) is 37.1 Å². The second-order valence-electron chi connectivity index (χ2n) is 5.97. The molecule has 0 spiro atoms. The maximum atomic E-state index is 12.6. The molecule has 1 fully saturated rings. The Labute approximate surface area is 153 Å². The highest BCUT2D eigenvalue weighted by atomic mass is 35.5. The van der Waals surface area contributed by atoms with Crippen LogP contribution in [0.2, 0.25) is 5.02 Å². The zero-order valence-electron chi connectivity index (χ0n) is 14.3. The third-order valence-electron chi connectivity index (χ3n) is 4.26. The van der Waals surface area contributed by atoms with E-state index in [0.29, 0.717) is 37.7 Å². The van der Waals surface area contributed by atoms with Gasteiger partial charge in [-0.15, -0.1) is 0 Å². The highest BCUT2D eigenvalue weighted by molar-refractivity contribution is 6.31. The van der Waals surface area contributed by atoms with E-state index in [1.54, 1.807) is 0 Å². The highest BCUT2D eigenvalue weighted by Gasteiger charge is 2.26. The van der Waals surface area contributed by atoms with E-state index in [1.807, 2.05) is 60.4 Å². The van der Waals surface area contributed by atoms with Gasteiger partial charge in [0, 0.05) is 17.1 Å². The lowest BCUT2D eigenvalue weighted by Gasteiger charge is -2.33. The van der Waals surface area contributed by atoms with Gasteiger partial charge in [0.1, 0.15) is 11.9 Å². The molecule has 4 nitrogen and oxygen atoms in total. The van der Waals surface area contributed by atoms with Crippen LogP contribution >= 0.6 is 11.6 Å². The normalized spacial score (nSPS) is 17.4. The van der Waals surface area contributed by atoms with Gasteiger partial charge in [0.2, 0.25) is 5.91 Å². The largest absolute Gasteiger partial charge is 0.494 e. The Kier molecular flexibility index (Phi) is 5.95. The smallest absolute Gasteiger partial charge is 0.227 e. The molecular formula is C20H22ClNO3. The Balaban J connectivity index is 1.63. The first-order chi connectivity index (χ1) is 12.2. The van der Waals surface area contributed by atoms with E-state index in [-0.39, 0.29) is 12.0 Å². The zero-order chi connectivity index (χ0) is 17.6. The second-order valence-corrected chi connectivity index (χ2v) is 6.38. The van der Waals surface area contributed by atoms with Crippen molar-refractivity contribution in [1.82, 2.24) is 4.90 Å². The van der Waals surface area contributed by atoms with Gasteiger partial charge in [-0.05, 0) is 30.7 Å². The molecule has 3 rings (SSSR count). The van der Waals surface area contributed by atoms with Crippen LogP contribution in [0.15, 0.2) is 48.5 Å². The molecule has 0 radical (unpaired) electrons. The molecule has 0 saturated carbocycles. The summed E-state index contributed by atoms with van der Waals surface area (Å²) in [6, 6.07) is 15.3. The molecule has 1 amide bonds. The lowest BCUT2D eigenvalue weighted by atomic mass is 10.1. The molecule has 25 heavy (non-hydrogen) atoms. The van der Waals surface area contributed by atoms with E-state index in [1.165, 1.54) is 0 Å². The summed E-state index contributed by atoms with van der Waals surface area (Å²) in [5.74, 6) is 0.924. The van der Waals surface area contributed by atoms with Crippen molar-refractivity contribution >= 4 is 17.5 Å². The fourth-order valence-corrected chi connectivity index (χ4v) is 3.21. The van der Waals surface area contributed by atoms with Crippen molar-refractivity contribution in [3.8, 4) is 5.75 Å². The predicted molar refractivity (Wildman–Crippen MR) is 98.0 cm³/mol. The Morgan fingerprint density at radius 3 is 2.72 bits per heavy atom. The van der Waals surface area contributed by atoms with Crippen LogP contribution in [0.1, 0.15) is 24.2 Å². The van der Waals surface area contributed by atoms with Gasteiger partial charge in [0.15, 0.2) is 0 Å². The average molecular weight is 360 g/mol. The maximum Gasteiger partial charge on any atom is 0.227 e. The molecule has 0 N–H and O–H groups in total. The number of morpholine rings is 1. The molecule has 2 aromatic rings. The van der Waals surface area contributed by atoms with Crippen molar-refractivity contribution in [3.05, 3.63) is 64.7 Å². The summed E-state index contributed by atoms with van der Waals surface area (Å²) < 4.78 is 11.3. The number of carbonyl (C=O) groups is 1. The van der Waals surface area contributed by atoms with Gasteiger partial charge in [-0.1, -0.05) is 41.9 Å². The summed E-state index contributed by atoms with van der Waals surface area (Å²) in [6.45, 7) is 4.24. The molecule has 1 saturated heterocycles. The summed E-state index contributed by atoms with van der Waals surface area (Å²) in [6.07, 6.45) is 0.202. The van der Waals surface area contributed by atoms with Gasteiger partial charge in [0.25, 0.3) is 0 Å². The molecule has 2 aromatic carbocycles. The zero-order valence-corrected chi connectivity index (χ0v) is 15.0. The molecular weight excluding hydrogens is 338 g/mol. The number of carbonyl (C=O) groups excluding carboxylic acids is 1. The van der Waals surface area contributed by atoms with Gasteiger partial charge in [0.05, 0.1) is 26.2 Å². The van der Waals surface area contributed by atoms with E-state index < -0.39 is 0 Å². The number of hydrogen-bond acceptors (Lipinski definition) is 3. The molecule has 1 atom stereocenters. The maximum absolute atomic E-state index is 12.6.